The Balaban J connectivity index is 1.52. The molecule has 1 aliphatic carbocycles. The molecule has 176 valence electrons. The van der Waals surface area contributed by atoms with Gasteiger partial charge in [0, 0.05) is 65.6 Å². The molecule has 5 nitrogen and oxygen atoms in total. The molecular formula is C30H29N3O2. The molecule has 0 unspecified atom stereocenters. The van der Waals surface area contributed by atoms with E-state index >= 15 is 0 Å². The number of hydrogen-bond donors (Lipinski definition) is 1. The fourth-order valence-electron chi connectivity index (χ4n) is 5.81. The third-order valence-electron chi connectivity index (χ3n) is 7.50. The first-order valence-corrected chi connectivity index (χ1v) is 12.5. The van der Waals surface area contributed by atoms with E-state index in [1.807, 2.05) is 24.4 Å². The van der Waals surface area contributed by atoms with Gasteiger partial charge in [-0.25, -0.2) is 0 Å². The quantitative estimate of drug-likeness (QED) is 0.360. The average Bonchev–Trinajstić information content (AvgIpc) is 3.44. The summed E-state index contributed by atoms with van der Waals surface area (Å²) >= 11 is 0. The summed E-state index contributed by atoms with van der Waals surface area (Å²) in [6, 6.07) is 20.9. The van der Waals surface area contributed by atoms with Crippen molar-refractivity contribution >= 4 is 28.1 Å². The molecule has 1 aliphatic heterocycles. The minimum absolute atomic E-state index is 0.0538. The number of anilines is 2. The Morgan fingerprint density at radius 2 is 1.83 bits per heavy atom. The minimum Gasteiger partial charge on any atom is -0.469 e. The Bertz CT molecular complexity index is 1420. The summed E-state index contributed by atoms with van der Waals surface area (Å²) in [6.07, 6.45) is 4.73. The lowest BCUT2D eigenvalue weighted by Gasteiger charge is -2.37. The highest BCUT2D eigenvalue weighted by atomic mass is 16.3. The molecule has 0 bridgehead atoms. The lowest BCUT2D eigenvalue weighted by Crippen LogP contribution is -2.30. The first kappa shape index (κ1) is 21.7. The maximum absolute atomic E-state index is 13.8. The van der Waals surface area contributed by atoms with Gasteiger partial charge in [0.25, 0.3) is 0 Å². The third kappa shape index (κ3) is 3.63. The predicted molar refractivity (Wildman–Crippen MR) is 140 cm³/mol. The van der Waals surface area contributed by atoms with E-state index < -0.39 is 0 Å². The number of furan rings is 1. The van der Waals surface area contributed by atoms with Crippen molar-refractivity contribution in [3.63, 3.8) is 0 Å². The number of carbonyl (C=O) groups is 1. The van der Waals surface area contributed by atoms with E-state index in [-0.39, 0.29) is 17.6 Å². The molecule has 1 N–H and O–H groups in total. The Hall–Kier alpha value is -3.86. The van der Waals surface area contributed by atoms with E-state index in [9.17, 15) is 4.79 Å². The number of Topliss-reactive ketones (excluding diaryl/α,β-unsaturated/α-hetero) is 1. The van der Waals surface area contributed by atoms with E-state index in [0.717, 1.165) is 64.3 Å². The van der Waals surface area contributed by atoms with Gasteiger partial charge in [-0.1, -0.05) is 18.2 Å². The van der Waals surface area contributed by atoms with E-state index in [0.29, 0.717) is 6.42 Å². The fraction of sp³-hybridized carbons (Fsp3) is 0.267. The molecule has 0 saturated carbocycles. The van der Waals surface area contributed by atoms with Gasteiger partial charge in [-0.3, -0.25) is 9.78 Å². The molecule has 2 aromatic heterocycles. The van der Waals surface area contributed by atoms with Gasteiger partial charge in [0.15, 0.2) is 5.78 Å². The first-order chi connectivity index (χ1) is 17.2. The van der Waals surface area contributed by atoms with E-state index in [1.54, 1.807) is 6.26 Å². The van der Waals surface area contributed by atoms with Gasteiger partial charge in [0.2, 0.25) is 0 Å². The summed E-state index contributed by atoms with van der Waals surface area (Å²) in [5.41, 5.74) is 7.36. The summed E-state index contributed by atoms with van der Waals surface area (Å²) < 4.78 is 5.68. The van der Waals surface area contributed by atoms with Crippen LogP contribution in [-0.4, -0.2) is 23.9 Å². The molecule has 2 aromatic carbocycles. The van der Waals surface area contributed by atoms with Crippen molar-refractivity contribution in [3.8, 4) is 0 Å². The summed E-state index contributed by atoms with van der Waals surface area (Å²) in [5.74, 6) is 0.980. The van der Waals surface area contributed by atoms with Crippen molar-refractivity contribution in [1.29, 1.82) is 0 Å². The Morgan fingerprint density at radius 3 is 2.57 bits per heavy atom. The smallest absolute Gasteiger partial charge is 0.162 e. The van der Waals surface area contributed by atoms with Crippen molar-refractivity contribution in [2.75, 3.05) is 23.3 Å². The minimum atomic E-state index is -0.134. The fourth-order valence-corrected chi connectivity index (χ4v) is 5.81. The molecule has 6 rings (SSSR count). The molecule has 0 fully saturated rings. The average molecular weight is 464 g/mol. The van der Waals surface area contributed by atoms with Crippen molar-refractivity contribution in [1.82, 2.24) is 4.98 Å². The highest BCUT2D eigenvalue weighted by Crippen LogP contribution is 2.50. The first-order valence-electron chi connectivity index (χ1n) is 12.5. The van der Waals surface area contributed by atoms with E-state index in [1.165, 1.54) is 5.69 Å². The molecule has 2 atom stereocenters. The molecule has 0 amide bonds. The zero-order valence-electron chi connectivity index (χ0n) is 20.1. The van der Waals surface area contributed by atoms with Crippen molar-refractivity contribution in [3.05, 3.63) is 101 Å². The van der Waals surface area contributed by atoms with Crippen LogP contribution in [0.2, 0.25) is 0 Å². The number of nitrogens with one attached hydrogen (secondary N) is 1. The maximum Gasteiger partial charge on any atom is 0.162 e. The van der Waals surface area contributed by atoms with E-state index in [2.05, 4.69) is 71.5 Å². The van der Waals surface area contributed by atoms with Gasteiger partial charge in [0.1, 0.15) is 5.76 Å². The van der Waals surface area contributed by atoms with E-state index in [4.69, 9.17) is 4.42 Å². The number of ketones is 1. The second-order valence-corrected chi connectivity index (χ2v) is 9.35. The normalized spacial score (nSPS) is 19.3. The van der Waals surface area contributed by atoms with Crippen LogP contribution in [0, 0.1) is 0 Å². The monoisotopic (exact) mass is 463 g/mol. The maximum atomic E-state index is 13.8. The number of nitrogens with zero attached hydrogens (tertiary/aromatic N) is 2. The van der Waals surface area contributed by atoms with Gasteiger partial charge in [-0.05, 0) is 73.9 Å². The Kier molecular flexibility index (Phi) is 5.40. The zero-order valence-corrected chi connectivity index (χ0v) is 20.1. The molecule has 5 heteroatoms. The van der Waals surface area contributed by atoms with Crippen LogP contribution in [0.3, 0.4) is 0 Å². The molecule has 0 spiro atoms. The van der Waals surface area contributed by atoms with Crippen LogP contribution in [-0.2, 0) is 4.79 Å². The second kappa shape index (κ2) is 8.73. The molecule has 0 saturated heterocycles. The van der Waals surface area contributed by atoms with Crippen molar-refractivity contribution < 1.29 is 9.21 Å². The molecule has 3 heterocycles. The number of aromatic nitrogens is 1. The van der Waals surface area contributed by atoms with Crippen LogP contribution in [0.4, 0.5) is 11.4 Å². The molecular weight excluding hydrogens is 434 g/mol. The van der Waals surface area contributed by atoms with Crippen LogP contribution in [0.25, 0.3) is 10.9 Å². The summed E-state index contributed by atoms with van der Waals surface area (Å²) in [5, 5.41) is 4.73. The van der Waals surface area contributed by atoms with Crippen LogP contribution in [0.1, 0.15) is 55.4 Å². The molecule has 35 heavy (non-hydrogen) atoms. The lowest BCUT2D eigenvalue weighted by atomic mass is 9.72. The predicted octanol–water partition coefficient (Wildman–Crippen LogP) is 6.63. The lowest BCUT2D eigenvalue weighted by molar-refractivity contribution is -0.116. The number of benzene rings is 2. The molecule has 4 aromatic rings. The van der Waals surface area contributed by atoms with Crippen molar-refractivity contribution in [2.45, 2.75) is 38.5 Å². The Morgan fingerprint density at radius 1 is 1.00 bits per heavy atom. The standard InChI is InChI=1S/C30H29N3O2/c1-3-33(4-2)21-11-9-19(10-12-21)28-29-22-7-5-15-31-23(22)13-14-24(29)32-25-17-20(18-26(34)30(25)28)27-8-6-16-35-27/h5-16,20,28,32H,3-4,17-18H2,1-2H3/t20-,28+/m1/s1. The number of fused-ring (bicyclic) bond motifs is 3. The Labute approximate surface area is 205 Å². The summed E-state index contributed by atoms with van der Waals surface area (Å²) in [7, 11) is 0. The SMILES string of the molecule is CCN(CC)c1ccc([C@@H]2C3=C(C[C@@H](c4ccco4)CC3=O)Nc3ccc4ncccc4c32)cc1. The number of allylic oxidation sites excluding steroid dienone is 2. The number of pyridine rings is 1. The highest BCUT2D eigenvalue weighted by molar-refractivity contribution is 6.04. The van der Waals surface area contributed by atoms with Crippen LogP contribution in [0.15, 0.2) is 88.8 Å². The van der Waals surface area contributed by atoms with Crippen LogP contribution in [0.5, 0.6) is 0 Å². The van der Waals surface area contributed by atoms with Gasteiger partial charge < -0.3 is 14.6 Å². The third-order valence-corrected chi connectivity index (χ3v) is 7.50. The molecule has 2 aliphatic rings. The highest BCUT2D eigenvalue weighted by Gasteiger charge is 2.39. The number of rotatable bonds is 5. The molecule has 0 radical (unpaired) electrons. The number of carbonyl (C=O) groups excluding carboxylic acids is 1. The van der Waals surface area contributed by atoms with Crippen LogP contribution < -0.4 is 10.2 Å². The summed E-state index contributed by atoms with van der Waals surface area (Å²) in [4.78, 5) is 20.7. The van der Waals surface area contributed by atoms with Crippen LogP contribution >= 0.6 is 0 Å². The zero-order chi connectivity index (χ0) is 23.9. The van der Waals surface area contributed by atoms with Gasteiger partial charge in [-0.2, -0.15) is 0 Å². The van der Waals surface area contributed by atoms with Gasteiger partial charge in [0.05, 0.1) is 11.8 Å². The summed E-state index contributed by atoms with van der Waals surface area (Å²) in [6.45, 7) is 6.27. The topological polar surface area (TPSA) is 58.4 Å². The number of hydrogen-bond acceptors (Lipinski definition) is 5. The van der Waals surface area contributed by atoms with Crippen molar-refractivity contribution in [2.24, 2.45) is 0 Å². The second-order valence-electron chi connectivity index (χ2n) is 9.35. The van der Waals surface area contributed by atoms with Gasteiger partial charge in [-0.15, -0.1) is 0 Å². The largest absolute Gasteiger partial charge is 0.469 e. The van der Waals surface area contributed by atoms with Gasteiger partial charge >= 0.3 is 0 Å².